The molecule has 1 fully saturated rings. The number of rotatable bonds is 7. The molecule has 0 radical (unpaired) electrons. The molecule has 0 saturated carbocycles. The summed E-state index contributed by atoms with van der Waals surface area (Å²) in [5.74, 6) is -2.68. The summed E-state index contributed by atoms with van der Waals surface area (Å²) in [7, 11) is -3.85. The Balaban J connectivity index is 1.67. The maximum absolute atomic E-state index is 13.3. The van der Waals surface area contributed by atoms with E-state index < -0.39 is 34.5 Å². The van der Waals surface area contributed by atoms with Crippen LogP contribution in [0.4, 0.5) is 10.2 Å². The molecular weight excluding hydrogens is 439 g/mol. The molecule has 0 aliphatic carbocycles. The number of aromatic carboxylic acids is 1. The van der Waals surface area contributed by atoms with Gasteiger partial charge in [0.15, 0.2) is 0 Å². The van der Waals surface area contributed by atoms with E-state index in [1.165, 1.54) is 0 Å². The molecule has 168 valence electrons. The van der Waals surface area contributed by atoms with Crippen LogP contribution in [0.2, 0.25) is 0 Å². The number of alkyl halides is 1. The second-order valence-electron chi connectivity index (χ2n) is 7.38. The molecule has 0 atom stereocenters. The van der Waals surface area contributed by atoms with Crippen LogP contribution < -0.4 is 9.62 Å². The number of amides is 1. The maximum Gasteiger partial charge on any atom is 0.337 e. The van der Waals surface area contributed by atoms with E-state index in [9.17, 15) is 32.8 Å². The molecule has 3 rings (SSSR count). The first-order chi connectivity index (χ1) is 15.2. The Labute approximate surface area is 184 Å². The molecule has 1 aromatic heterocycles. The minimum atomic E-state index is -3.85. The number of nitriles is 1. The quantitative estimate of drug-likeness (QED) is 0.639. The van der Waals surface area contributed by atoms with Crippen LogP contribution in [-0.4, -0.2) is 43.5 Å². The number of piperidine rings is 1. The van der Waals surface area contributed by atoms with Gasteiger partial charge in [-0.05, 0) is 24.5 Å². The number of carboxylic acid groups (broad SMARTS) is 1. The van der Waals surface area contributed by atoms with Crippen molar-refractivity contribution in [2.45, 2.75) is 25.3 Å². The normalized spacial score (nSPS) is 14.6. The van der Waals surface area contributed by atoms with Crippen molar-refractivity contribution in [2.75, 3.05) is 18.0 Å². The van der Waals surface area contributed by atoms with Crippen LogP contribution in [0.5, 0.6) is 0 Å². The Kier molecular flexibility index (Phi) is 7.05. The lowest BCUT2D eigenvalue weighted by atomic mass is 9.96. The van der Waals surface area contributed by atoms with Gasteiger partial charge >= 0.3 is 5.97 Å². The van der Waals surface area contributed by atoms with Gasteiger partial charge in [-0.15, -0.1) is 0 Å². The van der Waals surface area contributed by atoms with Gasteiger partial charge in [-0.2, -0.15) is 5.26 Å². The summed E-state index contributed by atoms with van der Waals surface area (Å²) in [6.07, 6.45) is 0.593. The van der Waals surface area contributed by atoms with E-state index in [0.717, 1.165) is 6.07 Å². The maximum atomic E-state index is 13.3. The lowest BCUT2D eigenvalue weighted by Gasteiger charge is -2.32. The van der Waals surface area contributed by atoms with Crippen molar-refractivity contribution in [3.8, 4) is 6.07 Å². The van der Waals surface area contributed by atoms with Crippen LogP contribution in [0, 0.1) is 17.2 Å². The standard InChI is InChI=1S/C21H21FN4O5S/c22-11-18-17(21(28)29)10-16(12-23)19(24-18)26-8-6-15(7-9-26)20(27)25-32(30,31)13-14-4-2-1-3-5-14/h1-5,10,15H,6-9,11,13H2,(H,25,27)(H,28,29). The van der Waals surface area contributed by atoms with Gasteiger partial charge < -0.3 is 10.0 Å². The summed E-state index contributed by atoms with van der Waals surface area (Å²) >= 11 is 0. The first kappa shape index (κ1) is 23.1. The Morgan fingerprint density at radius 2 is 1.91 bits per heavy atom. The molecule has 0 bridgehead atoms. The van der Waals surface area contributed by atoms with Gasteiger partial charge in [0.05, 0.1) is 22.6 Å². The average Bonchev–Trinajstić information content (AvgIpc) is 2.78. The summed E-state index contributed by atoms with van der Waals surface area (Å²) in [5.41, 5.74) is -0.0943. The number of nitrogens with zero attached hydrogens (tertiary/aromatic N) is 3. The molecule has 2 aromatic rings. The first-order valence-electron chi connectivity index (χ1n) is 9.80. The highest BCUT2D eigenvalue weighted by Gasteiger charge is 2.30. The minimum Gasteiger partial charge on any atom is -0.478 e. The monoisotopic (exact) mass is 460 g/mol. The number of nitrogens with one attached hydrogen (secondary N) is 1. The molecule has 1 aliphatic heterocycles. The highest BCUT2D eigenvalue weighted by Crippen LogP contribution is 2.27. The van der Waals surface area contributed by atoms with E-state index >= 15 is 0 Å². The summed E-state index contributed by atoms with van der Waals surface area (Å²) in [6, 6.07) is 11.5. The van der Waals surface area contributed by atoms with Gasteiger partial charge in [0.25, 0.3) is 0 Å². The van der Waals surface area contributed by atoms with Crippen molar-refractivity contribution >= 4 is 27.7 Å². The summed E-state index contributed by atoms with van der Waals surface area (Å²) < 4.78 is 40.0. The number of carbonyl (C=O) groups excluding carboxylic acids is 1. The summed E-state index contributed by atoms with van der Waals surface area (Å²) in [5, 5.41) is 18.6. The molecule has 1 aromatic carbocycles. The van der Waals surface area contributed by atoms with Crippen molar-refractivity contribution in [3.05, 3.63) is 58.8 Å². The van der Waals surface area contributed by atoms with E-state index in [0.29, 0.717) is 18.4 Å². The predicted octanol–water partition coefficient (Wildman–Crippen LogP) is 1.98. The zero-order valence-corrected chi connectivity index (χ0v) is 17.8. The molecule has 0 spiro atoms. The number of sulfonamides is 1. The number of halogens is 1. The number of aromatic nitrogens is 1. The van der Waals surface area contributed by atoms with Crippen molar-refractivity contribution in [1.29, 1.82) is 5.26 Å². The minimum absolute atomic E-state index is 0.00654. The zero-order valence-electron chi connectivity index (χ0n) is 17.0. The number of anilines is 1. The Hall–Kier alpha value is -3.52. The van der Waals surface area contributed by atoms with E-state index in [2.05, 4.69) is 9.71 Å². The van der Waals surface area contributed by atoms with Crippen LogP contribution in [0.15, 0.2) is 36.4 Å². The van der Waals surface area contributed by atoms with Crippen LogP contribution >= 0.6 is 0 Å². The third-order valence-electron chi connectivity index (χ3n) is 5.18. The zero-order chi connectivity index (χ0) is 23.3. The molecule has 32 heavy (non-hydrogen) atoms. The largest absolute Gasteiger partial charge is 0.478 e. The molecule has 0 unspecified atom stereocenters. The summed E-state index contributed by atoms with van der Waals surface area (Å²) in [6.45, 7) is -0.550. The van der Waals surface area contributed by atoms with Gasteiger partial charge in [-0.3, -0.25) is 9.52 Å². The van der Waals surface area contributed by atoms with E-state index in [4.69, 9.17) is 0 Å². The Bertz CT molecular complexity index is 1160. The number of benzene rings is 1. The second kappa shape index (κ2) is 9.74. The molecule has 1 aliphatic rings. The fourth-order valence-corrected chi connectivity index (χ4v) is 4.75. The fourth-order valence-electron chi connectivity index (χ4n) is 3.57. The molecule has 1 saturated heterocycles. The lowest BCUT2D eigenvalue weighted by Crippen LogP contribution is -2.43. The molecular formula is C21H21FN4O5S. The number of hydrogen-bond acceptors (Lipinski definition) is 7. The predicted molar refractivity (Wildman–Crippen MR) is 113 cm³/mol. The SMILES string of the molecule is N#Cc1cc(C(=O)O)c(CF)nc1N1CCC(C(=O)NS(=O)(=O)Cc2ccccc2)CC1. The third kappa shape index (κ3) is 5.39. The highest BCUT2D eigenvalue weighted by atomic mass is 32.2. The van der Waals surface area contributed by atoms with E-state index in [1.54, 1.807) is 35.2 Å². The van der Waals surface area contributed by atoms with Crippen molar-refractivity contribution < 1.29 is 27.5 Å². The topological polar surface area (TPSA) is 140 Å². The first-order valence-corrected chi connectivity index (χ1v) is 11.5. The van der Waals surface area contributed by atoms with Crippen molar-refractivity contribution in [3.63, 3.8) is 0 Å². The van der Waals surface area contributed by atoms with Crippen molar-refractivity contribution in [1.82, 2.24) is 9.71 Å². The number of hydrogen-bond donors (Lipinski definition) is 2. The van der Waals surface area contributed by atoms with Gasteiger partial charge in [0.2, 0.25) is 15.9 Å². The van der Waals surface area contributed by atoms with Crippen LogP contribution in [0.1, 0.15) is 40.0 Å². The highest BCUT2D eigenvalue weighted by molar-refractivity contribution is 7.89. The van der Waals surface area contributed by atoms with Crippen LogP contribution in [-0.2, 0) is 27.2 Å². The van der Waals surface area contributed by atoms with Crippen molar-refractivity contribution in [2.24, 2.45) is 5.92 Å². The van der Waals surface area contributed by atoms with Gasteiger partial charge in [0, 0.05) is 19.0 Å². The molecule has 9 nitrogen and oxygen atoms in total. The molecule has 11 heteroatoms. The van der Waals surface area contributed by atoms with Gasteiger partial charge in [-0.1, -0.05) is 30.3 Å². The average molecular weight is 460 g/mol. The third-order valence-corrected chi connectivity index (χ3v) is 6.41. The Morgan fingerprint density at radius 3 is 2.47 bits per heavy atom. The number of carboxylic acids is 1. The number of pyridine rings is 1. The lowest BCUT2D eigenvalue weighted by molar-refractivity contribution is -0.123. The molecule has 1 amide bonds. The second-order valence-corrected chi connectivity index (χ2v) is 9.10. The van der Waals surface area contributed by atoms with Crippen LogP contribution in [0.3, 0.4) is 0 Å². The smallest absolute Gasteiger partial charge is 0.337 e. The summed E-state index contributed by atoms with van der Waals surface area (Å²) in [4.78, 5) is 29.5. The fraction of sp³-hybridized carbons (Fsp3) is 0.333. The Morgan fingerprint density at radius 1 is 1.25 bits per heavy atom. The molecule has 2 N–H and O–H groups in total. The van der Waals surface area contributed by atoms with Gasteiger partial charge in [0.1, 0.15) is 18.6 Å². The van der Waals surface area contributed by atoms with E-state index in [1.807, 2.05) is 6.07 Å². The molecule has 2 heterocycles. The number of carbonyl (C=O) groups is 2. The van der Waals surface area contributed by atoms with Gasteiger partial charge in [-0.25, -0.2) is 22.6 Å². The van der Waals surface area contributed by atoms with E-state index in [-0.39, 0.29) is 41.5 Å². The van der Waals surface area contributed by atoms with Crippen LogP contribution in [0.25, 0.3) is 0 Å².